The summed E-state index contributed by atoms with van der Waals surface area (Å²) in [6, 6.07) is 10.2. The van der Waals surface area contributed by atoms with Gasteiger partial charge in [0.25, 0.3) is 0 Å². The topological polar surface area (TPSA) is 12.9 Å². The van der Waals surface area contributed by atoms with Crippen LogP contribution >= 0.6 is 0 Å². The molecule has 0 aliphatic carbocycles. The Labute approximate surface area is 70.1 Å². The van der Waals surface area contributed by atoms with Crippen LogP contribution in [0, 0.1) is 0 Å². The zero-order valence-corrected chi connectivity index (χ0v) is 6.99. The van der Waals surface area contributed by atoms with Gasteiger partial charge in [0.05, 0.1) is 0 Å². The van der Waals surface area contributed by atoms with Crippen molar-refractivity contribution in [2.75, 3.05) is 0 Å². The van der Waals surface area contributed by atoms with Crippen LogP contribution in [-0.2, 0) is 0 Å². The van der Waals surface area contributed by atoms with Gasteiger partial charge >= 0.3 is 0 Å². The zero-order chi connectivity index (χ0) is 6.81. The van der Waals surface area contributed by atoms with Crippen molar-refractivity contribution in [2.24, 2.45) is 0 Å². The molecular formula is C9H7NSi. The van der Waals surface area contributed by atoms with Crippen molar-refractivity contribution in [1.29, 1.82) is 0 Å². The maximum atomic E-state index is 4.01. The third-order valence-corrected chi connectivity index (χ3v) is 1.55. The predicted octanol–water partition coefficient (Wildman–Crippen LogP) is 1.85. The largest absolute Gasteiger partial charge is 0.264 e. The van der Waals surface area contributed by atoms with Crippen molar-refractivity contribution in [3.63, 3.8) is 0 Å². The molecule has 0 amide bonds. The van der Waals surface area contributed by atoms with Gasteiger partial charge in [0.1, 0.15) is 0 Å². The monoisotopic (exact) mass is 157 g/mol. The van der Waals surface area contributed by atoms with Crippen LogP contribution < -0.4 is 0 Å². The fourth-order valence-corrected chi connectivity index (χ4v) is 1.03. The molecule has 2 heteroatoms. The van der Waals surface area contributed by atoms with E-state index in [0.29, 0.717) is 0 Å². The summed E-state index contributed by atoms with van der Waals surface area (Å²) in [5.74, 6) is 0. The fourth-order valence-electron chi connectivity index (χ4n) is 1.03. The highest BCUT2D eigenvalue weighted by Gasteiger charge is 1.86. The van der Waals surface area contributed by atoms with Gasteiger partial charge in [0.2, 0.25) is 0 Å². The molecule has 0 unspecified atom stereocenters. The van der Waals surface area contributed by atoms with Crippen LogP contribution in [0.3, 0.4) is 0 Å². The Balaban J connectivity index is 0.000000605. The number of benzene rings is 1. The normalized spacial score (nSPS) is 9.09. The number of nitrogens with zero attached hydrogens (tertiary/aromatic N) is 1. The van der Waals surface area contributed by atoms with Crippen LogP contribution in [0.5, 0.6) is 0 Å². The Kier molecular flexibility index (Phi) is 2.38. The molecule has 1 aromatic heterocycles. The van der Waals surface area contributed by atoms with E-state index in [0.717, 1.165) is 0 Å². The third kappa shape index (κ3) is 1.46. The lowest BCUT2D eigenvalue weighted by atomic mass is 10.2. The lowest BCUT2D eigenvalue weighted by Crippen LogP contribution is -1.71. The second kappa shape index (κ2) is 3.30. The average Bonchev–Trinajstić information content (AvgIpc) is 2.05. The average molecular weight is 157 g/mol. The first-order valence-electron chi connectivity index (χ1n) is 3.25. The standard InChI is InChI=1S/C9H7N.Si/c1-2-4-9-7-10-6-5-8(9)3-1;/h1-7H;. The van der Waals surface area contributed by atoms with Crippen molar-refractivity contribution >= 4 is 21.7 Å². The number of fused-ring (bicyclic) bond motifs is 1. The minimum absolute atomic E-state index is 0. The molecule has 2 rings (SSSR count). The summed E-state index contributed by atoms with van der Waals surface area (Å²) in [7, 11) is 0. The van der Waals surface area contributed by atoms with E-state index < -0.39 is 0 Å². The highest BCUT2D eigenvalue weighted by molar-refractivity contribution is 5.80. The number of hydrogen-bond acceptors (Lipinski definition) is 1. The summed E-state index contributed by atoms with van der Waals surface area (Å²) in [5.41, 5.74) is 0. The molecule has 0 aliphatic rings. The van der Waals surface area contributed by atoms with Crippen LogP contribution in [0.2, 0.25) is 0 Å². The van der Waals surface area contributed by atoms with Crippen LogP contribution in [0.1, 0.15) is 0 Å². The maximum Gasteiger partial charge on any atom is 0.0346 e. The van der Waals surface area contributed by atoms with E-state index in [1.165, 1.54) is 10.8 Å². The van der Waals surface area contributed by atoms with Crippen molar-refractivity contribution in [3.05, 3.63) is 42.7 Å². The van der Waals surface area contributed by atoms with Crippen LogP contribution in [0.25, 0.3) is 10.8 Å². The fraction of sp³-hybridized carbons (Fsp3) is 0. The molecule has 0 bridgehead atoms. The van der Waals surface area contributed by atoms with Crippen LogP contribution in [0.4, 0.5) is 0 Å². The molecule has 0 saturated heterocycles. The number of rotatable bonds is 0. The number of pyridine rings is 1. The van der Waals surface area contributed by atoms with E-state index in [1.54, 1.807) is 0 Å². The predicted molar refractivity (Wildman–Crippen MR) is 47.5 cm³/mol. The quantitative estimate of drug-likeness (QED) is 0.532. The van der Waals surface area contributed by atoms with E-state index in [9.17, 15) is 0 Å². The Morgan fingerprint density at radius 1 is 0.909 bits per heavy atom. The molecule has 0 aliphatic heterocycles. The highest BCUT2D eigenvalue weighted by Crippen LogP contribution is 2.09. The first-order chi connectivity index (χ1) is 4.97. The molecular weight excluding hydrogens is 150 g/mol. The van der Waals surface area contributed by atoms with Crippen molar-refractivity contribution in [2.45, 2.75) is 0 Å². The van der Waals surface area contributed by atoms with Crippen LogP contribution in [-0.4, -0.2) is 15.9 Å². The van der Waals surface area contributed by atoms with Gasteiger partial charge in [-0.25, -0.2) is 0 Å². The first kappa shape index (κ1) is 7.95. The van der Waals surface area contributed by atoms with Gasteiger partial charge in [0, 0.05) is 23.4 Å². The zero-order valence-electron chi connectivity index (χ0n) is 5.99. The lowest BCUT2D eigenvalue weighted by Gasteiger charge is -1.91. The number of hydrogen-bond donors (Lipinski definition) is 0. The molecule has 0 N–H and O–H groups in total. The van der Waals surface area contributed by atoms with E-state index >= 15 is 0 Å². The minimum Gasteiger partial charge on any atom is -0.264 e. The third-order valence-electron chi connectivity index (χ3n) is 1.55. The molecule has 52 valence electrons. The van der Waals surface area contributed by atoms with Crippen LogP contribution in [0.15, 0.2) is 42.7 Å². The molecule has 0 spiro atoms. The summed E-state index contributed by atoms with van der Waals surface area (Å²) in [4.78, 5) is 4.01. The SMILES string of the molecule is [Si].c1ccc2cnccc2c1. The Bertz CT molecular complexity index is 281. The highest BCUT2D eigenvalue weighted by atomic mass is 28.1. The number of aromatic nitrogens is 1. The molecule has 11 heavy (non-hydrogen) atoms. The van der Waals surface area contributed by atoms with Gasteiger partial charge in [-0.2, -0.15) is 0 Å². The summed E-state index contributed by atoms with van der Waals surface area (Å²) >= 11 is 0. The van der Waals surface area contributed by atoms with Gasteiger partial charge in [0.15, 0.2) is 0 Å². The van der Waals surface area contributed by atoms with Gasteiger partial charge in [-0.1, -0.05) is 24.3 Å². The summed E-state index contributed by atoms with van der Waals surface area (Å²) < 4.78 is 0. The molecule has 2 aromatic rings. The van der Waals surface area contributed by atoms with Gasteiger partial charge < -0.3 is 0 Å². The molecule has 0 atom stereocenters. The van der Waals surface area contributed by atoms with Gasteiger partial charge in [-0.15, -0.1) is 0 Å². The lowest BCUT2D eigenvalue weighted by molar-refractivity contribution is 1.36. The molecule has 1 heterocycles. The molecule has 1 nitrogen and oxygen atoms in total. The molecule has 0 saturated carbocycles. The van der Waals surface area contributed by atoms with Crippen molar-refractivity contribution < 1.29 is 0 Å². The van der Waals surface area contributed by atoms with E-state index in [1.807, 2.05) is 30.6 Å². The maximum absolute atomic E-state index is 4.01. The second-order valence-corrected chi connectivity index (χ2v) is 2.22. The van der Waals surface area contributed by atoms with E-state index in [2.05, 4.69) is 17.1 Å². The minimum atomic E-state index is 0. The van der Waals surface area contributed by atoms with Gasteiger partial charge in [-0.3, -0.25) is 4.98 Å². The second-order valence-electron chi connectivity index (χ2n) is 2.22. The molecule has 0 fully saturated rings. The van der Waals surface area contributed by atoms with E-state index in [-0.39, 0.29) is 11.0 Å². The Morgan fingerprint density at radius 3 is 2.36 bits per heavy atom. The Hall–Kier alpha value is -1.15. The molecule has 4 radical (unpaired) electrons. The van der Waals surface area contributed by atoms with Crippen molar-refractivity contribution in [1.82, 2.24) is 4.98 Å². The van der Waals surface area contributed by atoms with E-state index in [4.69, 9.17) is 0 Å². The summed E-state index contributed by atoms with van der Waals surface area (Å²) in [5, 5.41) is 2.45. The first-order valence-corrected chi connectivity index (χ1v) is 3.25. The summed E-state index contributed by atoms with van der Waals surface area (Å²) in [6.45, 7) is 0. The van der Waals surface area contributed by atoms with Crippen molar-refractivity contribution in [3.8, 4) is 0 Å². The summed E-state index contributed by atoms with van der Waals surface area (Å²) in [6.07, 6.45) is 3.68. The van der Waals surface area contributed by atoms with Gasteiger partial charge in [-0.05, 0) is 16.8 Å². The smallest absolute Gasteiger partial charge is 0.0346 e. The molecule has 1 aromatic carbocycles. The Morgan fingerprint density at radius 2 is 1.64 bits per heavy atom.